The van der Waals surface area contributed by atoms with Gasteiger partial charge >= 0.3 is 0 Å². The predicted molar refractivity (Wildman–Crippen MR) is 118 cm³/mol. The average molecular weight is 411 g/mol. The molecule has 0 aliphatic carbocycles. The minimum atomic E-state index is -0.132. The predicted octanol–water partition coefficient (Wildman–Crippen LogP) is 2.37. The number of nitrogens with zero attached hydrogens (tertiary/aromatic N) is 3. The van der Waals surface area contributed by atoms with Crippen molar-refractivity contribution in [3.05, 3.63) is 59.2 Å². The van der Waals surface area contributed by atoms with Crippen LogP contribution in [0.25, 0.3) is 0 Å². The lowest BCUT2D eigenvalue weighted by Crippen LogP contribution is -2.48. The molecule has 0 saturated carbocycles. The van der Waals surface area contributed by atoms with Crippen LogP contribution < -0.4 is 10.2 Å². The summed E-state index contributed by atoms with van der Waals surface area (Å²) in [5, 5.41) is 13.9. The summed E-state index contributed by atoms with van der Waals surface area (Å²) in [6.45, 7) is 8.77. The van der Waals surface area contributed by atoms with Crippen molar-refractivity contribution in [2.75, 3.05) is 39.8 Å². The Kier molecular flexibility index (Phi) is 7.43. The maximum absolute atomic E-state index is 12.3. The monoisotopic (exact) mass is 410 g/mol. The molecule has 1 fully saturated rings. The third kappa shape index (κ3) is 6.05. The topological polar surface area (TPSA) is 77.4 Å². The zero-order chi connectivity index (χ0) is 21.5. The zero-order valence-electron chi connectivity index (χ0n) is 17.9. The van der Waals surface area contributed by atoms with Gasteiger partial charge in [0.25, 0.3) is 5.91 Å². The Hall–Kier alpha value is -2.90. The van der Waals surface area contributed by atoms with Crippen molar-refractivity contribution < 1.29 is 14.6 Å². The van der Waals surface area contributed by atoms with E-state index in [9.17, 15) is 9.90 Å². The summed E-state index contributed by atoms with van der Waals surface area (Å²) < 4.78 is 5.11. The molecular weight excluding hydrogens is 380 g/mol. The number of aromatic hydroxyl groups is 1. The number of carbonyl (C=O) groups is 1. The van der Waals surface area contributed by atoms with Gasteiger partial charge in [-0.25, -0.2) is 5.43 Å². The van der Waals surface area contributed by atoms with Gasteiger partial charge in [0.05, 0.1) is 19.4 Å². The number of phenols is 1. The van der Waals surface area contributed by atoms with Crippen LogP contribution in [0.5, 0.6) is 11.5 Å². The van der Waals surface area contributed by atoms with Gasteiger partial charge in [-0.05, 0) is 37.6 Å². The van der Waals surface area contributed by atoms with Crippen molar-refractivity contribution in [1.29, 1.82) is 0 Å². The lowest BCUT2D eigenvalue weighted by molar-refractivity contribution is -0.122. The van der Waals surface area contributed by atoms with Gasteiger partial charge in [0.15, 0.2) is 11.5 Å². The highest BCUT2D eigenvalue weighted by Crippen LogP contribution is 2.26. The van der Waals surface area contributed by atoms with E-state index in [0.29, 0.717) is 18.0 Å². The van der Waals surface area contributed by atoms with Crippen LogP contribution in [0.15, 0.2) is 47.6 Å². The molecule has 0 radical (unpaired) electrons. The molecule has 7 nitrogen and oxygen atoms in total. The van der Waals surface area contributed by atoms with E-state index in [4.69, 9.17) is 4.74 Å². The van der Waals surface area contributed by atoms with Crippen molar-refractivity contribution in [3.8, 4) is 11.5 Å². The molecule has 0 aromatic heterocycles. The fourth-order valence-electron chi connectivity index (χ4n) is 3.41. The minimum Gasteiger partial charge on any atom is -0.504 e. The molecule has 1 heterocycles. The van der Waals surface area contributed by atoms with Crippen LogP contribution in [-0.2, 0) is 11.3 Å². The van der Waals surface area contributed by atoms with Gasteiger partial charge in [-0.1, -0.05) is 29.8 Å². The lowest BCUT2D eigenvalue weighted by atomic mass is 10.1. The second-order valence-corrected chi connectivity index (χ2v) is 7.66. The van der Waals surface area contributed by atoms with Gasteiger partial charge in [0.1, 0.15) is 0 Å². The van der Waals surface area contributed by atoms with E-state index < -0.39 is 0 Å². The summed E-state index contributed by atoms with van der Waals surface area (Å²) in [6, 6.07) is 13.6. The van der Waals surface area contributed by atoms with Crippen molar-refractivity contribution >= 4 is 11.6 Å². The molecule has 3 rings (SSSR count). The largest absolute Gasteiger partial charge is 0.504 e. The van der Waals surface area contributed by atoms with E-state index in [1.54, 1.807) is 25.1 Å². The number of phenolic OH excluding ortho intramolecular Hbond substituents is 1. The quantitative estimate of drug-likeness (QED) is 0.541. The molecule has 0 bridgehead atoms. The number of piperazine rings is 1. The van der Waals surface area contributed by atoms with Crippen LogP contribution in [0.2, 0.25) is 0 Å². The number of nitrogens with one attached hydrogen (secondary N) is 1. The Morgan fingerprint density at radius 2 is 1.77 bits per heavy atom. The molecule has 0 spiro atoms. The minimum absolute atomic E-state index is 0.0691. The summed E-state index contributed by atoms with van der Waals surface area (Å²) in [6.07, 6.45) is 0. The standard InChI is InChI=1S/C23H30N4O3/c1-17-4-6-19(7-5-17)15-26-10-12-27(13-11-26)16-23(29)25-24-18(2)20-8-9-21(28)22(14-20)30-3/h4-9,14,28H,10-13,15-16H2,1-3H3,(H,25,29). The maximum Gasteiger partial charge on any atom is 0.254 e. The van der Waals surface area contributed by atoms with Gasteiger partial charge in [-0.3, -0.25) is 14.6 Å². The van der Waals surface area contributed by atoms with Gasteiger partial charge in [0.2, 0.25) is 0 Å². The van der Waals surface area contributed by atoms with Gasteiger partial charge < -0.3 is 9.84 Å². The van der Waals surface area contributed by atoms with Crippen LogP contribution in [0.1, 0.15) is 23.6 Å². The molecule has 2 aromatic rings. The molecule has 7 heteroatoms. The van der Waals surface area contributed by atoms with Crippen LogP contribution in [0.3, 0.4) is 0 Å². The number of ether oxygens (including phenoxy) is 1. The zero-order valence-corrected chi connectivity index (χ0v) is 17.9. The Labute approximate surface area is 178 Å². The number of aryl methyl sites for hydroxylation is 1. The highest BCUT2D eigenvalue weighted by molar-refractivity contribution is 5.99. The maximum atomic E-state index is 12.3. The number of carbonyl (C=O) groups excluding carboxylic acids is 1. The first-order valence-electron chi connectivity index (χ1n) is 10.2. The molecule has 1 aliphatic rings. The molecule has 1 aliphatic heterocycles. The number of benzene rings is 2. The third-order valence-electron chi connectivity index (χ3n) is 5.30. The molecule has 0 atom stereocenters. The second kappa shape index (κ2) is 10.2. The summed E-state index contributed by atoms with van der Waals surface area (Å²) in [5.41, 5.74) is 6.64. The normalized spacial score (nSPS) is 15.8. The third-order valence-corrected chi connectivity index (χ3v) is 5.30. The van der Waals surface area contributed by atoms with Crippen molar-refractivity contribution in [1.82, 2.24) is 15.2 Å². The fourth-order valence-corrected chi connectivity index (χ4v) is 3.41. The smallest absolute Gasteiger partial charge is 0.254 e. The molecular formula is C23H30N4O3. The van der Waals surface area contributed by atoms with E-state index in [-0.39, 0.29) is 11.7 Å². The molecule has 2 N–H and O–H groups in total. The molecule has 2 aromatic carbocycles. The van der Waals surface area contributed by atoms with Gasteiger partial charge in [0, 0.05) is 38.3 Å². The van der Waals surface area contributed by atoms with Gasteiger partial charge in [-0.2, -0.15) is 5.10 Å². The number of methoxy groups -OCH3 is 1. The second-order valence-electron chi connectivity index (χ2n) is 7.66. The number of amides is 1. The first-order valence-corrected chi connectivity index (χ1v) is 10.2. The molecule has 0 unspecified atom stereocenters. The van der Waals surface area contributed by atoms with Crippen LogP contribution >= 0.6 is 0 Å². The number of rotatable bonds is 7. The summed E-state index contributed by atoms with van der Waals surface area (Å²) in [4.78, 5) is 16.9. The SMILES string of the molecule is COc1cc(C(C)=NNC(=O)CN2CCN(Cc3ccc(C)cc3)CC2)ccc1O. The van der Waals surface area contributed by atoms with E-state index >= 15 is 0 Å². The Morgan fingerprint density at radius 3 is 2.43 bits per heavy atom. The Morgan fingerprint density at radius 1 is 1.10 bits per heavy atom. The van der Waals surface area contributed by atoms with Gasteiger partial charge in [-0.15, -0.1) is 0 Å². The molecule has 160 valence electrons. The molecule has 30 heavy (non-hydrogen) atoms. The highest BCUT2D eigenvalue weighted by atomic mass is 16.5. The number of hydrogen-bond acceptors (Lipinski definition) is 6. The number of hydrogen-bond donors (Lipinski definition) is 2. The Balaban J connectivity index is 1.44. The summed E-state index contributed by atoms with van der Waals surface area (Å²) in [5.74, 6) is 0.309. The van der Waals surface area contributed by atoms with Crippen molar-refractivity contribution in [2.45, 2.75) is 20.4 Å². The van der Waals surface area contributed by atoms with E-state index in [1.165, 1.54) is 18.2 Å². The highest BCUT2D eigenvalue weighted by Gasteiger charge is 2.19. The average Bonchev–Trinajstić information content (AvgIpc) is 2.75. The van der Waals surface area contributed by atoms with E-state index in [0.717, 1.165) is 38.3 Å². The van der Waals surface area contributed by atoms with E-state index in [2.05, 4.69) is 51.5 Å². The first-order chi connectivity index (χ1) is 14.4. The van der Waals surface area contributed by atoms with E-state index in [1.807, 2.05) is 0 Å². The molecule has 1 amide bonds. The number of hydrazone groups is 1. The van der Waals surface area contributed by atoms with Crippen molar-refractivity contribution in [3.63, 3.8) is 0 Å². The summed E-state index contributed by atoms with van der Waals surface area (Å²) in [7, 11) is 1.49. The first kappa shape index (κ1) is 21.8. The lowest BCUT2D eigenvalue weighted by Gasteiger charge is -2.34. The van der Waals surface area contributed by atoms with Crippen LogP contribution in [0.4, 0.5) is 0 Å². The van der Waals surface area contributed by atoms with Crippen LogP contribution in [-0.4, -0.2) is 66.4 Å². The Bertz CT molecular complexity index is 888. The molecule has 1 saturated heterocycles. The van der Waals surface area contributed by atoms with Crippen molar-refractivity contribution in [2.24, 2.45) is 5.10 Å². The van der Waals surface area contributed by atoms with Crippen LogP contribution in [0, 0.1) is 6.92 Å². The fraction of sp³-hybridized carbons (Fsp3) is 0.391. The summed E-state index contributed by atoms with van der Waals surface area (Å²) >= 11 is 0.